The van der Waals surface area contributed by atoms with Crippen LogP contribution >= 0.6 is 46.9 Å². The number of carbonyl (C=O) groups is 1. The van der Waals surface area contributed by atoms with Gasteiger partial charge in [-0.3, -0.25) is 28.2 Å². The number of amides is 1. The Labute approximate surface area is 379 Å². The van der Waals surface area contributed by atoms with Gasteiger partial charge in [0.15, 0.2) is 0 Å². The summed E-state index contributed by atoms with van der Waals surface area (Å²) in [5.41, 5.74) is 6.58. The molecule has 388 valence electrons. The number of carbonyl (C=O) groups excluding carboxylic acids is 1. The molecule has 0 saturated carbocycles. The number of unbranched alkanes of at least 4 members (excludes halogenated alkanes) is 3. The van der Waals surface area contributed by atoms with Gasteiger partial charge in [0.05, 0.1) is 72.2 Å². The lowest BCUT2D eigenvalue weighted by atomic mass is 10.2. The number of ether oxygens (including phenoxy) is 5. The van der Waals surface area contributed by atoms with E-state index in [0.717, 1.165) is 10.8 Å². The summed E-state index contributed by atoms with van der Waals surface area (Å²) in [5, 5.41) is 16.2. The van der Waals surface area contributed by atoms with Crippen LogP contribution in [0.15, 0.2) is 20.9 Å². The SMILES string of the molecule is Cc1cn([C@H]2C[C@@H](O)[C@@H](COP(=O)(O)OP(=O)(O)OP(=O)(O)OP(=O)(O)OP(=O)(O)OP(=O)(O)OCCCCCCNC(=O)CCOCCOCCOCCOCCN=[N+]=[N-])O2)c(=O)[nH]c1=O. The zero-order chi connectivity index (χ0) is 50.4. The van der Waals surface area contributed by atoms with Crippen LogP contribution in [0.1, 0.15) is 50.3 Å². The normalized spacial score (nSPS) is 21.7. The first kappa shape index (κ1) is 61.2. The second-order valence-corrected chi connectivity index (χ2v) is 22.6. The van der Waals surface area contributed by atoms with Crippen LogP contribution < -0.4 is 16.6 Å². The van der Waals surface area contributed by atoms with Gasteiger partial charge in [0.25, 0.3) is 5.56 Å². The van der Waals surface area contributed by atoms with Crippen molar-refractivity contribution in [1.29, 1.82) is 0 Å². The molecule has 0 spiro atoms. The van der Waals surface area contributed by atoms with Gasteiger partial charge >= 0.3 is 52.6 Å². The second-order valence-electron chi connectivity index (χ2n) is 13.2. The maximum absolute atomic E-state index is 12.3. The summed E-state index contributed by atoms with van der Waals surface area (Å²) in [4.78, 5) is 98.7. The van der Waals surface area contributed by atoms with Crippen molar-refractivity contribution in [3.05, 3.63) is 43.0 Å². The third kappa shape index (κ3) is 27.3. The van der Waals surface area contributed by atoms with Gasteiger partial charge in [0.1, 0.15) is 12.3 Å². The molecule has 9 atom stereocenters. The van der Waals surface area contributed by atoms with Gasteiger partial charge in [-0.2, -0.15) is 21.6 Å². The Morgan fingerprint density at radius 2 is 1.22 bits per heavy atom. The van der Waals surface area contributed by atoms with Crippen molar-refractivity contribution in [2.45, 2.75) is 63.9 Å². The highest BCUT2D eigenvalue weighted by molar-refractivity contribution is 7.72. The minimum absolute atomic E-state index is 0.0496. The predicted molar refractivity (Wildman–Crippen MR) is 220 cm³/mol. The lowest BCUT2D eigenvalue weighted by molar-refractivity contribution is -0.122. The van der Waals surface area contributed by atoms with E-state index in [1.54, 1.807) is 0 Å². The number of nitrogens with one attached hydrogen (secondary N) is 2. The van der Waals surface area contributed by atoms with Gasteiger partial charge in [-0.1, -0.05) is 18.0 Å². The monoisotopic (exact) mass is 1090 g/mol. The molecule has 1 saturated heterocycles. The van der Waals surface area contributed by atoms with Crippen molar-refractivity contribution in [1.82, 2.24) is 14.9 Å². The van der Waals surface area contributed by atoms with E-state index in [2.05, 4.69) is 45.9 Å². The summed E-state index contributed by atoms with van der Waals surface area (Å²) in [6, 6.07) is 0. The number of aliphatic hydroxyl groups excluding tert-OH is 1. The number of aliphatic hydroxyl groups is 1. The molecule has 1 aliphatic heterocycles. The first-order valence-electron chi connectivity index (χ1n) is 19.2. The Hall–Kier alpha value is -1.92. The zero-order valence-corrected chi connectivity index (χ0v) is 40.6. The highest BCUT2D eigenvalue weighted by atomic mass is 31.3. The van der Waals surface area contributed by atoms with E-state index >= 15 is 0 Å². The number of azide groups is 1. The number of aromatic amines is 1. The second kappa shape index (κ2) is 29.4. The molecular formula is C27H52N6O28P6. The minimum atomic E-state index is -6.50. The third-order valence-corrected chi connectivity index (χ3v) is 17.0. The topological polar surface area (TPSA) is 488 Å². The molecule has 0 bridgehead atoms. The van der Waals surface area contributed by atoms with Crippen LogP contribution in [0.25, 0.3) is 10.4 Å². The standard InChI is InChI=1S/C27H52N6O28P6/c1-21-19-33(27(37)31-26(21)36)25-18-22(34)23(56-25)20-55-63(40,41)58-65(44,45)60-67(48,49)61-66(46,47)59-64(42,43)57-62(38,39)54-9-5-3-2-4-7-29-24(35)6-10-50-12-14-52-16-17-53-15-13-51-11-8-30-32-28/h19,22-23,25,34H,2-18,20H2,1H3,(H,29,35)(H,38,39)(H,40,41)(H,42,43)(H,44,45)(H,46,47)(H,48,49)(H,31,36,37)/t22-,23-,25-/m1/s1. The first-order valence-corrected chi connectivity index (χ1v) is 28.2. The van der Waals surface area contributed by atoms with Gasteiger partial charge in [0, 0.05) is 42.6 Å². The number of phosphoric acid groups is 6. The van der Waals surface area contributed by atoms with Crippen molar-refractivity contribution < 1.29 is 121 Å². The molecule has 1 aromatic rings. The Morgan fingerprint density at radius 1 is 0.746 bits per heavy atom. The molecule has 2 rings (SSSR count). The number of nitrogens with zero attached hydrogens (tertiary/aromatic N) is 4. The van der Waals surface area contributed by atoms with E-state index in [0.29, 0.717) is 52.3 Å². The third-order valence-electron chi connectivity index (χ3n) is 7.73. The highest BCUT2D eigenvalue weighted by Crippen LogP contribution is 2.75. The molecule has 40 heteroatoms. The summed E-state index contributed by atoms with van der Waals surface area (Å²) < 4.78 is 128. The van der Waals surface area contributed by atoms with Crippen LogP contribution in [0.3, 0.4) is 0 Å². The van der Waals surface area contributed by atoms with Gasteiger partial charge in [-0.25, -0.2) is 32.2 Å². The van der Waals surface area contributed by atoms with Crippen LogP contribution in [0.4, 0.5) is 0 Å². The van der Waals surface area contributed by atoms with Crippen molar-refractivity contribution in [2.75, 3.05) is 79.2 Å². The van der Waals surface area contributed by atoms with Crippen LogP contribution in [0.2, 0.25) is 0 Å². The van der Waals surface area contributed by atoms with Crippen LogP contribution in [0, 0.1) is 6.92 Å². The number of hydrogen-bond acceptors (Lipinski definition) is 23. The number of hydrogen-bond donors (Lipinski definition) is 9. The number of H-pyrrole nitrogens is 1. The van der Waals surface area contributed by atoms with Gasteiger partial charge < -0.3 is 63.5 Å². The van der Waals surface area contributed by atoms with Crippen LogP contribution in [-0.2, 0) is 86.5 Å². The molecule has 1 aliphatic rings. The molecule has 67 heavy (non-hydrogen) atoms. The van der Waals surface area contributed by atoms with Gasteiger partial charge in [-0.05, 0) is 25.3 Å². The lowest BCUT2D eigenvalue weighted by Gasteiger charge is -2.21. The molecule has 0 aliphatic carbocycles. The number of aromatic nitrogens is 2. The smallest absolute Gasteiger partial charge is 0.390 e. The average Bonchev–Trinajstić information content (AvgIpc) is 3.55. The van der Waals surface area contributed by atoms with Crippen molar-refractivity contribution >= 4 is 52.8 Å². The molecule has 34 nitrogen and oxygen atoms in total. The largest absolute Gasteiger partial charge is 0.490 e. The quantitative estimate of drug-likeness (QED) is 0.0150. The van der Waals surface area contributed by atoms with E-state index in [1.807, 2.05) is 4.98 Å². The van der Waals surface area contributed by atoms with E-state index in [9.17, 15) is 76.2 Å². The number of rotatable bonds is 37. The summed E-state index contributed by atoms with van der Waals surface area (Å²) in [7, 11) is -37.0. The van der Waals surface area contributed by atoms with Gasteiger partial charge in [-0.15, -0.1) is 0 Å². The van der Waals surface area contributed by atoms with Crippen molar-refractivity contribution in [2.24, 2.45) is 5.11 Å². The molecule has 1 aromatic heterocycles. The molecule has 2 heterocycles. The molecule has 0 aromatic carbocycles. The molecule has 0 radical (unpaired) electrons. The fraction of sp³-hybridized carbons (Fsp3) is 0.815. The van der Waals surface area contributed by atoms with Crippen LogP contribution in [-0.4, -0.2) is 141 Å². The molecule has 6 unspecified atom stereocenters. The molecule has 9 N–H and O–H groups in total. The Bertz CT molecular complexity index is 2190. The van der Waals surface area contributed by atoms with Crippen molar-refractivity contribution in [3.63, 3.8) is 0 Å². The number of phosphoric ester groups is 2. The lowest BCUT2D eigenvalue weighted by Crippen LogP contribution is -2.33. The summed E-state index contributed by atoms with van der Waals surface area (Å²) in [6.45, 7) is 2.52. The molecular weight excluding hydrogens is 1040 g/mol. The Balaban J connectivity index is 1.62. The van der Waals surface area contributed by atoms with E-state index < -0.39 is 89.8 Å². The predicted octanol–water partition coefficient (Wildman–Crippen LogP) is 1.66. The summed E-state index contributed by atoms with van der Waals surface area (Å²) >= 11 is 0. The fourth-order valence-electron chi connectivity index (χ4n) is 4.92. The van der Waals surface area contributed by atoms with Gasteiger partial charge in [0.2, 0.25) is 5.91 Å². The fourth-order valence-corrected chi connectivity index (χ4v) is 12.8. The van der Waals surface area contributed by atoms with E-state index in [4.69, 9.17) is 29.2 Å². The summed E-state index contributed by atoms with van der Waals surface area (Å²) in [6.07, 6.45) is -2.09. The Kier molecular flexibility index (Phi) is 26.9. The van der Waals surface area contributed by atoms with Crippen LogP contribution in [0.5, 0.6) is 0 Å². The van der Waals surface area contributed by atoms with E-state index in [-0.39, 0.29) is 63.6 Å². The molecule has 1 fully saturated rings. The highest BCUT2D eigenvalue weighted by Gasteiger charge is 2.50. The average molecular weight is 1090 g/mol. The van der Waals surface area contributed by atoms with E-state index in [1.165, 1.54) is 6.92 Å². The van der Waals surface area contributed by atoms with Crippen molar-refractivity contribution in [3.8, 4) is 0 Å². The maximum atomic E-state index is 12.3. The Morgan fingerprint density at radius 3 is 1.76 bits per heavy atom. The molecule has 1 amide bonds. The number of aryl methyl sites for hydroxylation is 1. The summed E-state index contributed by atoms with van der Waals surface area (Å²) in [5.74, 6) is -0.283. The first-order chi connectivity index (χ1) is 31.2. The maximum Gasteiger partial charge on any atom is 0.490 e. The zero-order valence-electron chi connectivity index (χ0n) is 35.2. The minimum Gasteiger partial charge on any atom is -0.390 e.